The highest BCUT2D eigenvalue weighted by molar-refractivity contribution is 6.30. The molecular weight excluding hydrogens is 233 g/mol. The van der Waals surface area contributed by atoms with Crippen LogP contribution in [-0.4, -0.2) is 10.1 Å². The first-order valence-electron chi connectivity index (χ1n) is 4.44. The van der Waals surface area contributed by atoms with Crippen LogP contribution in [0.15, 0.2) is 36.5 Å². The molecule has 2 aromatic rings. The van der Waals surface area contributed by atoms with Gasteiger partial charge in [0.15, 0.2) is 22.4 Å². The fourth-order valence-electron chi connectivity index (χ4n) is 1.14. The molecule has 0 amide bonds. The van der Waals surface area contributed by atoms with Crippen molar-refractivity contribution in [2.24, 2.45) is 0 Å². The molecule has 0 saturated carbocycles. The Morgan fingerprint density at radius 1 is 1.25 bits per heavy atom. The average Bonchev–Trinajstić information content (AvgIpc) is 2.25. The predicted molar refractivity (Wildman–Crippen MR) is 57.4 cm³/mol. The van der Waals surface area contributed by atoms with Crippen molar-refractivity contribution < 1.29 is 14.2 Å². The monoisotopic (exact) mass is 239 g/mol. The van der Waals surface area contributed by atoms with Gasteiger partial charge in [-0.05, 0) is 24.3 Å². The summed E-state index contributed by atoms with van der Waals surface area (Å²) in [7, 11) is 0. The largest absolute Gasteiger partial charge is 0.504 e. The molecule has 1 aromatic heterocycles. The minimum absolute atomic E-state index is 0.122. The van der Waals surface area contributed by atoms with Crippen molar-refractivity contribution in [3.05, 3.63) is 47.5 Å². The van der Waals surface area contributed by atoms with E-state index in [4.69, 9.17) is 16.3 Å². The van der Waals surface area contributed by atoms with E-state index in [1.54, 1.807) is 12.1 Å². The molecule has 82 valence electrons. The average molecular weight is 240 g/mol. The number of nitrogens with zero attached hydrogens (tertiary/aromatic N) is 1. The van der Waals surface area contributed by atoms with E-state index < -0.39 is 5.82 Å². The van der Waals surface area contributed by atoms with Crippen LogP contribution in [0.3, 0.4) is 0 Å². The first kappa shape index (κ1) is 10.7. The number of hydrogen-bond acceptors (Lipinski definition) is 3. The molecule has 0 spiro atoms. The molecule has 0 aliphatic heterocycles. The lowest BCUT2D eigenvalue weighted by molar-refractivity contribution is 0.406. The maximum absolute atomic E-state index is 12.7. The molecule has 0 aliphatic carbocycles. The van der Waals surface area contributed by atoms with Crippen molar-refractivity contribution in [3.8, 4) is 17.2 Å². The third-order valence-corrected chi connectivity index (χ3v) is 2.15. The zero-order valence-electron chi connectivity index (χ0n) is 8.02. The van der Waals surface area contributed by atoms with Gasteiger partial charge in [-0.1, -0.05) is 11.6 Å². The lowest BCUT2D eigenvalue weighted by Gasteiger charge is -2.07. The summed E-state index contributed by atoms with van der Waals surface area (Å²) in [5.74, 6) is -0.413. The molecule has 0 fully saturated rings. The molecule has 1 aromatic carbocycles. The molecule has 0 bridgehead atoms. The summed E-state index contributed by atoms with van der Waals surface area (Å²) in [6.45, 7) is 0. The van der Waals surface area contributed by atoms with Crippen molar-refractivity contribution in [3.63, 3.8) is 0 Å². The van der Waals surface area contributed by atoms with Gasteiger partial charge in [-0.2, -0.15) is 0 Å². The van der Waals surface area contributed by atoms with Gasteiger partial charge in [0.1, 0.15) is 5.82 Å². The number of rotatable bonds is 2. The van der Waals surface area contributed by atoms with E-state index >= 15 is 0 Å². The highest BCUT2D eigenvalue weighted by Gasteiger charge is 2.07. The van der Waals surface area contributed by atoms with Gasteiger partial charge in [-0.15, -0.1) is 0 Å². The maximum Gasteiger partial charge on any atom is 0.171 e. The van der Waals surface area contributed by atoms with Gasteiger partial charge >= 0.3 is 0 Å². The smallest absolute Gasteiger partial charge is 0.171 e. The second-order valence-corrected chi connectivity index (χ2v) is 3.36. The molecule has 0 saturated heterocycles. The summed E-state index contributed by atoms with van der Waals surface area (Å²) in [5, 5.41) is 9.59. The Balaban J connectivity index is 2.31. The van der Waals surface area contributed by atoms with Crippen LogP contribution in [0.1, 0.15) is 0 Å². The van der Waals surface area contributed by atoms with E-state index in [-0.39, 0.29) is 16.7 Å². The van der Waals surface area contributed by atoms with Gasteiger partial charge in [-0.25, -0.2) is 9.37 Å². The van der Waals surface area contributed by atoms with Crippen molar-refractivity contribution >= 4 is 11.6 Å². The standard InChI is InChI=1S/C11H7ClFNO2/c12-11-10(2-1-5-14-11)16-9-4-3-7(13)6-8(9)15/h1-6,15H. The highest BCUT2D eigenvalue weighted by Crippen LogP contribution is 2.33. The zero-order chi connectivity index (χ0) is 11.5. The summed E-state index contributed by atoms with van der Waals surface area (Å²) in [6.07, 6.45) is 1.51. The molecule has 2 rings (SSSR count). The Bertz CT molecular complexity index is 519. The van der Waals surface area contributed by atoms with Crippen LogP contribution >= 0.6 is 11.6 Å². The van der Waals surface area contributed by atoms with Gasteiger partial charge in [-0.3, -0.25) is 0 Å². The number of pyridine rings is 1. The minimum atomic E-state index is -0.540. The molecule has 5 heteroatoms. The lowest BCUT2D eigenvalue weighted by Crippen LogP contribution is -1.88. The van der Waals surface area contributed by atoms with Gasteiger partial charge in [0.25, 0.3) is 0 Å². The summed E-state index contributed by atoms with van der Waals surface area (Å²) >= 11 is 5.77. The topological polar surface area (TPSA) is 42.4 Å². The molecule has 16 heavy (non-hydrogen) atoms. The molecule has 1 N–H and O–H groups in total. The minimum Gasteiger partial charge on any atom is -0.504 e. The molecule has 1 heterocycles. The molecule has 0 aliphatic rings. The second-order valence-electron chi connectivity index (χ2n) is 3.01. The lowest BCUT2D eigenvalue weighted by atomic mass is 10.3. The molecule has 0 atom stereocenters. The van der Waals surface area contributed by atoms with Crippen LogP contribution in [0.2, 0.25) is 5.15 Å². The van der Waals surface area contributed by atoms with Crippen LogP contribution in [-0.2, 0) is 0 Å². The van der Waals surface area contributed by atoms with Crippen molar-refractivity contribution in [2.45, 2.75) is 0 Å². The van der Waals surface area contributed by atoms with Crippen LogP contribution in [0.25, 0.3) is 0 Å². The van der Waals surface area contributed by atoms with Gasteiger partial charge < -0.3 is 9.84 Å². The SMILES string of the molecule is Oc1cc(F)ccc1Oc1cccnc1Cl. The van der Waals surface area contributed by atoms with Gasteiger partial charge in [0, 0.05) is 12.3 Å². The number of benzene rings is 1. The second kappa shape index (κ2) is 4.37. The van der Waals surface area contributed by atoms with Crippen LogP contribution < -0.4 is 4.74 Å². The summed E-state index contributed by atoms with van der Waals surface area (Å²) in [6, 6.07) is 6.69. The Morgan fingerprint density at radius 2 is 2.06 bits per heavy atom. The summed E-state index contributed by atoms with van der Waals surface area (Å²) < 4.78 is 18.0. The third-order valence-electron chi connectivity index (χ3n) is 1.87. The number of hydrogen-bond donors (Lipinski definition) is 1. The third kappa shape index (κ3) is 2.23. The van der Waals surface area contributed by atoms with E-state index in [0.29, 0.717) is 5.75 Å². The predicted octanol–water partition coefficient (Wildman–Crippen LogP) is 3.37. The summed E-state index contributed by atoms with van der Waals surface area (Å²) in [4.78, 5) is 3.81. The van der Waals surface area contributed by atoms with Gasteiger partial charge in [0.05, 0.1) is 0 Å². The fraction of sp³-hybridized carbons (Fsp3) is 0. The quantitative estimate of drug-likeness (QED) is 0.817. The van der Waals surface area contributed by atoms with Crippen molar-refractivity contribution in [1.82, 2.24) is 4.98 Å². The Labute approximate surface area is 96.1 Å². The number of aromatic nitrogens is 1. The highest BCUT2D eigenvalue weighted by atomic mass is 35.5. The van der Waals surface area contributed by atoms with E-state index in [0.717, 1.165) is 6.07 Å². The first-order chi connectivity index (χ1) is 7.66. The number of ether oxygens (including phenoxy) is 1. The number of phenolic OH excluding ortho intramolecular Hbond substituents is 1. The van der Waals surface area contributed by atoms with Crippen LogP contribution in [0.4, 0.5) is 4.39 Å². The number of aromatic hydroxyl groups is 1. The molecule has 3 nitrogen and oxygen atoms in total. The first-order valence-corrected chi connectivity index (χ1v) is 4.81. The van der Waals surface area contributed by atoms with Crippen molar-refractivity contribution in [2.75, 3.05) is 0 Å². The van der Waals surface area contributed by atoms with Crippen LogP contribution in [0.5, 0.6) is 17.2 Å². The Hall–Kier alpha value is -1.81. The molecule has 0 unspecified atom stereocenters. The van der Waals surface area contributed by atoms with Gasteiger partial charge in [0.2, 0.25) is 0 Å². The summed E-state index contributed by atoms with van der Waals surface area (Å²) in [5.41, 5.74) is 0. The van der Waals surface area contributed by atoms with Crippen molar-refractivity contribution in [1.29, 1.82) is 0 Å². The van der Waals surface area contributed by atoms with E-state index in [1.807, 2.05) is 0 Å². The number of halogens is 2. The number of phenols is 1. The molecule has 0 radical (unpaired) electrons. The maximum atomic E-state index is 12.7. The molecular formula is C11H7ClFNO2. The van der Waals surface area contributed by atoms with E-state index in [1.165, 1.54) is 18.3 Å². The normalized spacial score (nSPS) is 10.1. The Morgan fingerprint density at radius 3 is 2.75 bits per heavy atom. The zero-order valence-corrected chi connectivity index (χ0v) is 8.78. The van der Waals surface area contributed by atoms with E-state index in [2.05, 4.69) is 4.98 Å². The Kier molecular flexibility index (Phi) is 2.92. The van der Waals surface area contributed by atoms with E-state index in [9.17, 15) is 9.50 Å². The fourth-order valence-corrected chi connectivity index (χ4v) is 1.30. The van der Waals surface area contributed by atoms with Crippen LogP contribution in [0, 0.1) is 5.82 Å².